The first-order valence-electron chi connectivity index (χ1n) is 4.36. The highest BCUT2D eigenvalue weighted by Gasteiger charge is 2.15. The maximum Gasteiger partial charge on any atom is 0.388 e. The molecule has 1 aromatic rings. The lowest BCUT2D eigenvalue weighted by Crippen LogP contribution is -2.07. The van der Waals surface area contributed by atoms with Crippen LogP contribution in [0.5, 0.6) is 0 Å². The number of rotatable bonds is 3. The molecule has 1 aromatic carbocycles. The Morgan fingerprint density at radius 2 is 2.21 bits per heavy atom. The summed E-state index contributed by atoms with van der Waals surface area (Å²) < 4.78 is 4.78. The minimum atomic E-state index is -0.316. The van der Waals surface area contributed by atoms with Crippen molar-refractivity contribution >= 4 is 11.7 Å². The smallest absolute Gasteiger partial charge is 0.388 e. The highest BCUT2D eigenvalue weighted by Crippen LogP contribution is 2.18. The van der Waals surface area contributed by atoms with Crippen molar-refractivity contribution in [3.8, 4) is 0 Å². The second kappa shape index (κ2) is 4.97. The summed E-state index contributed by atoms with van der Waals surface area (Å²) in [4.78, 5) is 14.2. The standard InChI is InChI=1S/C10H11N2O2/c1-2-14-10(13)7-8-5-3-4-6-9(8)12-11/h3-6H,2,7H2,1H3/q+1. The molecule has 0 N–H and O–H groups in total. The van der Waals surface area contributed by atoms with Crippen LogP contribution < -0.4 is 0 Å². The van der Waals surface area contributed by atoms with Crippen molar-refractivity contribution in [2.24, 2.45) is 0 Å². The lowest BCUT2D eigenvalue weighted by Gasteiger charge is -1.99. The zero-order valence-electron chi connectivity index (χ0n) is 7.93. The van der Waals surface area contributed by atoms with E-state index in [0.717, 1.165) is 0 Å². The van der Waals surface area contributed by atoms with Crippen molar-refractivity contribution < 1.29 is 9.53 Å². The van der Waals surface area contributed by atoms with E-state index in [0.29, 0.717) is 17.9 Å². The van der Waals surface area contributed by atoms with Gasteiger partial charge in [0.2, 0.25) is 5.39 Å². The van der Waals surface area contributed by atoms with Crippen LogP contribution in [0.1, 0.15) is 12.5 Å². The maximum atomic E-state index is 11.1. The summed E-state index contributed by atoms with van der Waals surface area (Å²) in [5.74, 6) is -0.316. The molecule has 0 bridgehead atoms. The summed E-state index contributed by atoms with van der Waals surface area (Å²) >= 11 is 0. The Kier molecular flexibility index (Phi) is 3.62. The SMILES string of the molecule is CCOC(=O)Cc1ccccc1[N+]#N. The number of carbonyl (C=O) groups excluding carboxylic acids is 1. The van der Waals surface area contributed by atoms with Crippen LogP contribution in [0.3, 0.4) is 0 Å². The summed E-state index contributed by atoms with van der Waals surface area (Å²) in [5, 5.41) is 8.63. The Bertz CT molecular complexity index is 369. The van der Waals surface area contributed by atoms with Crippen molar-refractivity contribution in [2.75, 3.05) is 6.61 Å². The van der Waals surface area contributed by atoms with Crippen molar-refractivity contribution in [3.05, 3.63) is 34.8 Å². The van der Waals surface area contributed by atoms with Gasteiger partial charge in [-0.15, -0.1) is 0 Å². The Hall–Kier alpha value is -1.89. The van der Waals surface area contributed by atoms with E-state index in [1.54, 1.807) is 31.2 Å². The molecule has 0 aromatic heterocycles. The number of ether oxygens (including phenoxy) is 1. The average molecular weight is 191 g/mol. The van der Waals surface area contributed by atoms with E-state index in [-0.39, 0.29) is 12.4 Å². The van der Waals surface area contributed by atoms with E-state index in [4.69, 9.17) is 10.1 Å². The third-order valence-corrected chi connectivity index (χ3v) is 1.74. The van der Waals surface area contributed by atoms with Gasteiger partial charge in [0.1, 0.15) is 0 Å². The third kappa shape index (κ3) is 2.56. The van der Waals surface area contributed by atoms with Crippen molar-refractivity contribution in [1.29, 1.82) is 5.39 Å². The van der Waals surface area contributed by atoms with Gasteiger partial charge in [-0.3, -0.25) is 4.79 Å². The molecule has 0 amide bonds. The van der Waals surface area contributed by atoms with E-state index in [2.05, 4.69) is 4.98 Å². The predicted molar refractivity (Wildman–Crippen MR) is 51.5 cm³/mol. The Morgan fingerprint density at radius 1 is 1.50 bits per heavy atom. The molecule has 1 rings (SSSR count). The minimum Gasteiger partial charge on any atom is -0.466 e. The average Bonchev–Trinajstić information content (AvgIpc) is 2.19. The van der Waals surface area contributed by atoms with Gasteiger partial charge in [0, 0.05) is 6.07 Å². The van der Waals surface area contributed by atoms with Gasteiger partial charge in [-0.05, 0) is 6.92 Å². The molecular formula is C10H11N2O2+. The molecule has 0 heterocycles. The van der Waals surface area contributed by atoms with Gasteiger partial charge in [0.05, 0.1) is 18.6 Å². The molecule has 4 heteroatoms. The Balaban J connectivity index is 2.77. The molecule has 14 heavy (non-hydrogen) atoms. The van der Waals surface area contributed by atoms with Crippen LogP contribution >= 0.6 is 0 Å². The molecule has 0 saturated carbocycles. The normalized spacial score (nSPS) is 9.14. The van der Waals surface area contributed by atoms with Gasteiger partial charge in [0.15, 0.2) is 4.98 Å². The van der Waals surface area contributed by atoms with Crippen LogP contribution in [0.4, 0.5) is 5.69 Å². The second-order valence-electron chi connectivity index (χ2n) is 2.71. The minimum absolute atomic E-state index is 0.133. The molecule has 0 saturated heterocycles. The first kappa shape index (κ1) is 10.2. The number of diazo groups is 1. The number of benzene rings is 1. The predicted octanol–water partition coefficient (Wildman–Crippen LogP) is 2.28. The highest BCUT2D eigenvalue weighted by atomic mass is 16.5. The molecule has 0 fully saturated rings. The Morgan fingerprint density at radius 3 is 2.86 bits per heavy atom. The number of hydrogen-bond acceptors (Lipinski definition) is 3. The van der Waals surface area contributed by atoms with E-state index in [1.807, 2.05) is 0 Å². The van der Waals surface area contributed by atoms with Gasteiger partial charge in [-0.25, -0.2) is 0 Å². The highest BCUT2D eigenvalue weighted by molar-refractivity contribution is 5.75. The zero-order chi connectivity index (χ0) is 10.4. The lowest BCUT2D eigenvalue weighted by molar-refractivity contribution is -0.142. The third-order valence-electron chi connectivity index (χ3n) is 1.74. The van der Waals surface area contributed by atoms with Gasteiger partial charge in [0.25, 0.3) is 0 Å². The monoisotopic (exact) mass is 191 g/mol. The molecule has 0 unspecified atom stereocenters. The summed E-state index contributed by atoms with van der Waals surface area (Å²) in [5.41, 5.74) is 1.06. The van der Waals surface area contributed by atoms with Crippen LogP contribution in [0.2, 0.25) is 0 Å². The molecule has 0 aliphatic carbocycles. The largest absolute Gasteiger partial charge is 0.466 e. The zero-order valence-corrected chi connectivity index (χ0v) is 7.93. The van der Waals surface area contributed by atoms with Crippen LogP contribution in [-0.2, 0) is 16.0 Å². The molecule has 0 spiro atoms. The fraction of sp³-hybridized carbons (Fsp3) is 0.300. The fourth-order valence-corrected chi connectivity index (χ4v) is 1.13. The van der Waals surface area contributed by atoms with E-state index in [1.165, 1.54) is 0 Å². The van der Waals surface area contributed by atoms with E-state index < -0.39 is 0 Å². The molecule has 72 valence electrons. The van der Waals surface area contributed by atoms with Crippen LogP contribution in [0, 0.1) is 5.39 Å². The fourth-order valence-electron chi connectivity index (χ4n) is 1.13. The quantitative estimate of drug-likeness (QED) is 0.544. The summed E-state index contributed by atoms with van der Waals surface area (Å²) in [6.45, 7) is 2.11. The van der Waals surface area contributed by atoms with Gasteiger partial charge in [-0.2, -0.15) is 0 Å². The topological polar surface area (TPSA) is 54.5 Å². The number of esters is 1. The molecule has 0 radical (unpaired) electrons. The van der Waals surface area contributed by atoms with Crippen molar-refractivity contribution in [2.45, 2.75) is 13.3 Å². The number of carbonyl (C=O) groups is 1. The van der Waals surface area contributed by atoms with Crippen LogP contribution in [0.25, 0.3) is 4.98 Å². The first-order chi connectivity index (χ1) is 6.77. The van der Waals surface area contributed by atoms with Gasteiger partial charge < -0.3 is 4.74 Å². The van der Waals surface area contributed by atoms with Crippen molar-refractivity contribution in [1.82, 2.24) is 0 Å². The number of hydrogen-bond donors (Lipinski definition) is 0. The summed E-state index contributed by atoms with van der Waals surface area (Å²) in [7, 11) is 0. The maximum absolute atomic E-state index is 11.1. The number of nitrogens with zero attached hydrogens (tertiary/aromatic N) is 2. The van der Waals surface area contributed by atoms with E-state index in [9.17, 15) is 4.79 Å². The van der Waals surface area contributed by atoms with Gasteiger partial charge >= 0.3 is 11.7 Å². The molecule has 4 nitrogen and oxygen atoms in total. The summed E-state index contributed by atoms with van der Waals surface area (Å²) in [6.07, 6.45) is 0.133. The molecule has 0 aliphatic rings. The van der Waals surface area contributed by atoms with Gasteiger partial charge in [-0.1, -0.05) is 18.2 Å². The first-order valence-corrected chi connectivity index (χ1v) is 4.36. The van der Waals surface area contributed by atoms with Crippen LogP contribution in [-0.4, -0.2) is 12.6 Å². The van der Waals surface area contributed by atoms with Crippen LogP contribution in [0.15, 0.2) is 24.3 Å². The second-order valence-corrected chi connectivity index (χ2v) is 2.71. The summed E-state index contributed by atoms with van der Waals surface area (Å²) in [6, 6.07) is 6.88. The van der Waals surface area contributed by atoms with Crippen molar-refractivity contribution in [3.63, 3.8) is 0 Å². The molecule has 0 aliphatic heterocycles. The molecule has 0 atom stereocenters. The molecular weight excluding hydrogens is 180 g/mol. The lowest BCUT2D eigenvalue weighted by atomic mass is 10.1. The van der Waals surface area contributed by atoms with E-state index >= 15 is 0 Å². The Labute approximate surface area is 82.1 Å².